The molecule has 1 aliphatic rings. The third kappa shape index (κ3) is 5.50. The Kier molecular flexibility index (Phi) is 7.59. The number of piperazine rings is 1. The molecule has 0 radical (unpaired) electrons. The monoisotopic (exact) mass is 522 g/mol. The number of hydrogen-bond acceptors (Lipinski definition) is 8. The third-order valence-electron chi connectivity index (χ3n) is 6.81. The molecule has 0 unspecified atom stereocenters. The number of imidazole rings is 1. The number of pyridine rings is 1. The molecule has 3 aromatic heterocycles. The summed E-state index contributed by atoms with van der Waals surface area (Å²) in [5.74, 6) is 0.198. The lowest BCUT2D eigenvalue weighted by Gasteiger charge is -2.34. The topological polar surface area (TPSA) is 95.2 Å². The van der Waals surface area contributed by atoms with Crippen molar-refractivity contribution in [2.24, 2.45) is 0 Å². The number of halogens is 2. The van der Waals surface area contributed by atoms with Crippen molar-refractivity contribution in [3.8, 4) is 11.3 Å². The minimum atomic E-state index is -0.649. The van der Waals surface area contributed by atoms with E-state index in [-0.39, 0.29) is 29.8 Å². The van der Waals surface area contributed by atoms with E-state index in [0.717, 1.165) is 51.0 Å². The molecule has 1 saturated heterocycles. The van der Waals surface area contributed by atoms with Crippen LogP contribution in [0, 0.1) is 18.6 Å². The lowest BCUT2D eigenvalue weighted by atomic mass is 10.1. The van der Waals surface area contributed by atoms with Gasteiger partial charge in [-0.2, -0.15) is 0 Å². The molecule has 4 heterocycles. The fraction of sp³-hybridized carbons (Fsp3) is 0.407. The fourth-order valence-corrected chi connectivity index (χ4v) is 4.96. The second-order valence-electron chi connectivity index (χ2n) is 9.86. The summed E-state index contributed by atoms with van der Waals surface area (Å²) in [4.78, 5) is 21.8. The molecular formula is C27H32F2N8O. The van der Waals surface area contributed by atoms with Gasteiger partial charge in [0.25, 0.3) is 0 Å². The zero-order valence-electron chi connectivity index (χ0n) is 21.8. The maximum atomic E-state index is 14.9. The summed E-state index contributed by atoms with van der Waals surface area (Å²) < 4.78 is 31.7. The molecule has 1 aliphatic heterocycles. The number of nitrogens with one attached hydrogen (secondary N) is 1. The maximum Gasteiger partial charge on any atom is 0.229 e. The van der Waals surface area contributed by atoms with E-state index in [4.69, 9.17) is 5.11 Å². The number of β-amino-alcohol motifs (C(OH)–C–C–N with tert-alkyl or cyclic N) is 1. The number of nitrogens with zero attached hydrogens (tertiary/aromatic N) is 7. The van der Waals surface area contributed by atoms with Crippen molar-refractivity contribution in [1.29, 1.82) is 0 Å². The van der Waals surface area contributed by atoms with Crippen LogP contribution in [0.3, 0.4) is 0 Å². The van der Waals surface area contributed by atoms with Crippen molar-refractivity contribution in [1.82, 2.24) is 34.3 Å². The van der Waals surface area contributed by atoms with E-state index in [1.165, 1.54) is 6.07 Å². The summed E-state index contributed by atoms with van der Waals surface area (Å²) in [6.07, 6.45) is 2.87. The standard InChI is InChI=1S/C27H32F2N8O/c1-17(2)37-18(3)32-26-21(28)12-20(13-23(26)37)25-22(29)15-31-27(34-25)33-24-5-4-19(14-30-24)16-36-8-6-35(7-9-36)10-11-38/h4-5,12-15,17,38H,6-11,16H2,1-3H3,(H,30,31,33,34). The number of benzene rings is 1. The quantitative estimate of drug-likeness (QED) is 0.360. The zero-order chi connectivity index (χ0) is 26.8. The number of anilines is 2. The van der Waals surface area contributed by atoms with Crippen LogP contribution in [0.25, 0.3) is 22.3 Å². The Hall–Kier alpha value is -3.54. The molecule has 0 saturated carbocycles. The van der Waals surface area contributed by atoms with E-state index in [2.05, 4.69) is 35.1 Å². The molecule has 0 atom stereocenters. The van der Waals surface area contributed by atoms with E-state index < -0.39 is 11.6 Å². The van der Waals surface area contributed by atoms with Gasteiger partial charge >= 0.3 is 0 Å². The Bertz CT molecular complexity index is 1420. The lowest BCUT2D eigenvalue weighted by molar-refractivity contribution is 0.108. The van der Waals surface area contributed by atoms with Crippen molar-refractivity contribution >= 4 is 22.8 Å². The van der Waals surface area contributed by atoms with Crippen molar-refractivity contribution in [2.45, 2.75) is 33.4 Å². The number of aliphatic hydroxyl groups is 1. The maximum absolute atomic E-state index is 14.9. The Balaban J connectivity index is 1.32. The van der Waals surface area contributed by atoms with E-state index in [0.29, 0.717) is 22.7 Å². The number of aryl methyl sites for hydroxylation is 1. The molecule has 9 nitrogen and oxygen atoms in total. The molecule has 0 bridgehead atoms. The minimum Gasteiger partial charge on any atom is -0.395 e. The summed E-state index contributed by atoms with van der Waals surface area (Å²) >= 11 is 0. The SMILES string of the molecule is Cc1nc2c(F)cc(-c3nc(Nc4ccc(CN5CCN(CCO)CC5)cn4)ncc3F)cc2n1C(C)C. The van der Waals surface area contributed by atoms with Gasteiger partial charge in [0.2, 0.25) is 5.95 Å². The van der Waals surface area contributed by atoms with Crippen molar-refractivity contribution in [2.75, 3.05) is 44.6 Å². The minimum absolute atomic E-state index is 0.00517. The Morgan fingerprint density at radius 1 is 0.974 bits per heavy atom. The van der Waals surface area contributed by atoms with Crippen LogP contribution in [-0.4, -0.2) is 78.7 Å². The fourth-order valence-electron chi connectivity index (χ4n) is 4.96. The summed E-state index contributed by atoms with van der Waals surface area (Å²) in [6, 6.07) is 6.85. The molecule has 4 aromatic rings. The molecule has 1 fully saturated rings. The van der Waals surface area contributed by atoms with Crippen LogP contribution in [0.1, 0.15) is 31.3 Å². The van der Waals surface area contributed by atoms with Gasteiger partial charge in [-0.1, -0.05) is 6.07 Å². The first-order valence-corrected chi connectivity index (χ1v) is 12.8. The average Bonchev–Trinajstić information content (AvgIpc) is 3.24. The van der Waals surface area contributed by atoms with Crippen LogP contribution in [0.5, 0.6) is 0 Å². The normalized spacial score (nSPS) is 15.0. The van der Waals surface area contributed by atoms with Crippen molar-refractivity contribution in [3.63, 3.8) is 0 Å². The van der Waals surface area contributed by atoms with Crippen molar-refractivity contribution < 1.29 is 13.9 Å². The van der Waals surface area contributed by atoms with Crippen LogP contribution < -0.4 is 5.32 Å². The number of aliphatic hydroxyl groups excluding tert-OH is 1. The summed E-state index contributed by atoms with van der Waals surface area (Å²) in [5, 5.41) is 12.1. The number of aromatic nitrogens is 5. The molecule has 0 spiro atoms. The number of fused-ring (bicyclic) bond motifs is 1. The van der Waals surface area contributed by atoms with Gasteiger partial charge in [-0.05, 0) is 44.5 Å². The highest BCUT2D eigenvalue weighted by Crippen LogP contribution is 2.30. The van der Waals surface area contributed by atoms with E-state index >= 15 is 0 Å². The Labute approximate surface area is 220 Å². The molecule has 11 heteroatoms. The lowest BCUT2D eigenvalue weighted by Crippen LogP contribution is -2.46. The van der Waals surface area contributed by atoms with Gasteiger partial charge in [0, 0.05) is 57.1 Å². The molecule has 0 amide bonds. The van der Waals surface area contributed by atoms with E-state index in [1.807, 2.05) is 37.5 Å². The second kappa shape index (κ2) is 11.1. The molecule has 2 N–H and O–H groups in total. The predicted octanol–water partition coefficient (Wildman–Crippen LogP) is 3.91. The molecule has 200 valence electrons. The largest absolute Gasteiger partial charge is 0.395 e. The highest BCUT2D eigenvalue weighted by atomic mass is 19.1. The first-order valence-electron chi connectivity index (χ1n) is 12.8. The second-order valence-corrected chi connectivity index (χ2v) is 9.86. The number of hydrogen-bond donors (Lipinski definition) is 2. The van der Waals surface area contributed by atoms with Gasteiger partial charge in [-0.25, -0.2) is 28.7 Å². The molecule has 38 heavy (non-hydrogen) atoms. The van der Waals surface area contributed by atoms with Gasteiger partial charge in [0.1, 0.15) is 22.9 Å². The highest BCUT2D eigenvalue weighted by Gasteiger charge is 2.19. The van der Waals surface area contributed by atoms with E-state index in [9.17, 15) is 8.78 Å². The van der Waals surface area contributed by atoms with Gasteiger partial charge in [0.05, 0.1) is 18.3 Å². The van der Waals surface area contributed by atoms with Crippen LogP contribution >= 0.6 is 0 Å². The molecule has 5 rings (SSSR count). The van der Waals surface area contributed by atoms with Crippen molar-refractivity contribution in [3.05, 3.63) is 59.7 Å². The smallest absolute Gasteiger partial charge is 0.229 e. The predicted molar refractivity (Wildman–Crippen MR) is 142 cm³/mol. The van der Waals surface area contributed by atoms with Gasteiger partial charge in [0.15, 0.2) is 11.6 Å². The zero-order valence-corrected chi connectivity index (χ0v) is 21.8. The molecule has 0 aliphatic carbocycles. The first-order chi connectivity index (χ1) is 18.3. The van der Waals surface area contributed by atoms with Crippen LogP contribution in [0.2, 0.25) is 0 Å². The summed E-state index contributed by atoms with van der Waals surface area (Å²) in [6.45, 7) is 11.3. The molecular weight excluding hydrogens is 490 g/mol. The van der Waals surface area contributed by atoms with Gasteiger partial charge < -0.3 is 15.0 Å². The van der Waals surface area contributed by atoms with Crippen LogP contribution in [-0.2, 0) is 6.54 Å². The average molecular weight is 523 g/mol. The highest BCUT2D eigenvalue weighted by molar-refractivity contribution is 5.83. The summed E-state index contributed by atoms with van der Waals surface area (Å²) in [7, 11) is 0. The summed E-state index contributed by atoms with van der Waals surface area (Å²) in [5.41, 5.74) is 2.22. The Morgan fingerprint density at radius 3 is 2.42 bits per heavy atom. The van der Waals surface area contributed by atoms with E-state index in [1.54, 1.807) is 12.3 Å². The van der Waals surface area contributed by atoms with Crippen LogP contribution in [0.15, 0.2) is 36.7 Å². The third-order valence-corrected chi connectivity index (χ3v) is 6.81. The first kappa shape index (κ1) is 26.1. The van der Waals surface area contributed by atoms with Gasteiger partial charge in [-0.3, -0.25) is 9.80 Å². The Morgan fingerprint density at radius 2 is 1.74 bits per heavy atom. The van der Waals surface area contributed by atoms with Gasteiger partial charge in [-0.15, -0.1) is 0 Å². The number of rotatable bonds is 8. The molecule has 1 aromatic carbocycles. The van der Waals surface area contributed by atoms with Crippen LogP contribution in [0.4, 0.5) is 20.5 Å².